The van der Waals surface area contributed by atoms with Crippen LogP contribution in [0, 0.1) is 5.92 Å². The first-order valence-corrected chi connectivity index (χ1v) is 11.5. The fourth-order valence-electron chi connectivity index (χ4n) is 5.89. The van der Waals surface area contributed by atoms with Gasteiger partial charge in [0.1, 0.15) is 0 Å². The minimum Gasteiger partial charge on any atom is -0.395 e. The highest BCUT2D eigenvalue weighted by atomic mass is 16.3. The van der Waals surface area contributed by atoms with Crippen LogP contribution in [0.4, 0.5) is 0 Å². The average molecular weight is 427 g/mol. The topological polar surface area (TPSA) is 80.6 Å². The molecule has 2 N–H and O–H groups in total. The van der Waals surface area contributed by atoms with Gasteiger partial charge >= 0.3 is 0 Å². The van der Waals surface area contributed by atoms with Gasteiger partial charge in [-0.1, -0.05) is 6.07 Å². The van der Waals surface area contributed by atoms with Gasteiger partial charge in [-0.3, -0.25) is 14.6 Å². The largest absolute Gasteiger partial charge is 0.395 e. The minimum absolute atomic E-state index is 0.128. The van der Waals surface area contributed by atoms with E-state index in [2.05, 4.69) is 49.4 Å². The van der Waals surface area contributed by atoms with E-state index < -0.39 is 0 Å². The molecule has 2 fully saturated rings. The molecule has 168 valence electrons. The van der Waals surface area contributed by atoms with Gasteiger partial charge in [-0.25, -0.2) is 4.98 Å². The van der Waals surface area contributed by atoms with Gasteiger partial charge in [0.05, 0.1) is 12.9 Å². The fourth-order valence-corrected chi connectivity index (χ4v) is 5.89. The summed E-state index contributed by atoms with van der Waals surface area (Å²) in [4.78, 5) is 27.8. The second-order valence-electron chi connectivity index (χ2n) is 9.89. The third-order valence-corrected chi connectivity index (χ3v) is 7.53. The van der Waals surface area contributed by atoms with Crippen molar-refractivity contribution in [1.29, 1.82) is 0 Å². The lowest BCUT2D eigenvalue weighted by molar-refractivity contribution is 0.112. The van der Waals surface area contributed by atoms with Gasteiger partial charge in [0.15, 0.2) is 0 Å². The Bertz CT molecular complexity index is 955. The van der Waals surface area contributed by atoms with Crippen LogP contribution in [-0.4, -0.2) is 86.8 Å². The number of hydrogen-bond acceptors (Lipinski definition) is 6. The molecule has 31 heavy (non-hydrogen) atoms. The summed E-state index contributed by atoms with van der Waals surface area (Å²) in [6, 6.07) is 4.78. The summed E-state index contributed by atoms with van der Waals surface area (Å²) < 4.78 is 2.05. The number of nitrogens with one attached hydrogen (secondary N) is 1. The van der Waals surface area contributed by atoms with Crippen LogP contribution in [-0.2, 0) is 19.6 Å². The first-order chi connectivity index (χ1) is 15.0. The van der Waals surface area contributed by atoms with Crippen molar-refractivity contribution in [3.8, 4) is 0 Å². The van der Waals surface area contributed by atoms with E-state index in [4.69, 9.17) is 0 Å². The monoisotopic (exact) mass is 426 g/mol. The maximum atomic E-state index is 13.4. The lowest BCUT2D eigenvalue weighted by Crippen LogP contribution is -2.47. The van der Waals surface area contributed by atoms with Crippen LogP contribution in [0.3, 0.4) is 0 Å². The predicted octanol–water partition coefficient (Wildman–Crippen LogP) is 0.688. The summed E-state index contributed by atoms with van der Waals surface area (Å²) in [6.45, 7) is 5.37. The number of aliphatic hydroxyl groups is 1. The number of rotatable bonds is 6. The molecular formula is C23H34N6O2. The first-order valence-electron chi connectivity index (χ1n) is 11.5. The van der Waals surface area contributed by atoms with Crippen molar-refractivity contribution in [2.24, 2.45) is 5.92 Å². The summed E-state index contributed by atoms with van der Waals surface area (Å²) in [7, 11) is 4.18. The fraction of sp³-hybridized carbons (Fsp3) is 0.652. The summed E-state index contributed by atoms with van der Waals surface area (Å²) in [5.74, 6) is 0.921. The smallest absolute Gasteiger partial charge is 0.255 e. The number of nitrogens with zero attached hydrogens (tertiary/aromatic N) is 5. The number of piperidine rings is 1. The first kappa shape index (κ1) is 20.9. The third kappa shape index (κ3) is 4.09. The Balaban J connectivity index is 1.33. The molecule has 2 aromatic rings. The van der Waals surface area contributed by atoms with Gasteiger partial charge in [-0.15, -0.1) is 0 Å². The van der Waals surface area contributed by atoms with Crippen molar-refractivity contribution >= 4 is 0 Å². The maximum Gasteiger partial charge on any atom is 0.255 e. The number of imidazole rings is 1. The van der Waals surface area contributed by atoms with Crippen LogP contribution in [0.2, 0.25) is 0 Å². The van der Waals surface area contributed by atoms with E-state index in [1.807, 2.05) is 12.3 Å². The van der Waals surface area contributed by atoms with Crippen molar-refractivity contribution in [2.75, 3.05) is 40.3 Å². The molecular weight excluding hydrogens is 392 g/mol. The van der Waals surface area contributed by atoms with Gasteiger partial charge in [0.2, 0.25) is 0 Å². The Hall–Kier alpha value is -2.00. The number of aromatic amines is 1. The third-order valence-electron chi connectivity index (χ3n) is 7.53. The Morgan fingerprint density at radius 3 is 2.77 bits per heavy atom. The summed E-state index contributed by atoms with van der Waals surface area (Å²) in [5.41, 5.74) is 3.36. The number of aliphatic hydroxyl groups excluding tert-OH is 1. The highest BCUT2D eigenvalue weighted by molar-refractivity contribution is 5.23. The van der Waals surface area contributed by atoms with Crippen molar-refractivity contribution in [1.82, 2.24) is 29.2 Å². The van der Waals surface area contributed by atoms with Gasteiger partial charge in [0, 0.05) is 80.4 Å². The van der Waals surface area contributed by atoms with Gasteiger partial charge in [-0.05, 0) is 38.9 Å². The predicted molar refractivity (Wildman–Crippen MR) is 119 cm³/mol. The van der Waals surface area contributed by atoms with E-state index in [1.165, 1.54) is 12.1 Å². The van der Waals surface area contributed by atoms with E-state index in [9.17, 15) is 9.90 Å². The number of aromatic nitrogens is 3. The second-order valence-corrected chi connectivity index (χ2v) is 9.89. The van der Waals surface area contributed by atoms with Crippen LogP contribution in [0.15, 0.2) is 29.5 Å². The molecule has 0 aromatic carbocycles. The number of likely N-dealkylation sites (N-methyl/N-ethyl adjacent to an activating group) is 1. The number of H-pyrrole nitrogens is 1. The van der Waals surface area contributed by atoms with E-state index in [0.29, 0.717) is 24.4 Å². The molecule has 0 aliphatic carbocycles. The highest BCUT2D eigenvalue weighted by Gasteiger charge is 2.36. The summed E-state index contributed by atoms with van der Waals surface area (Å²) in [5, 5.41) is 9.85. The normalized spacial score (nSPS) is 28.9. The van der Waals surface area contributed by atoms with Crippen LogP contribution in [0.1, 0.15) is 35.7 Å². The standard InChI is InChI=1S/C23H34N6O2/c1-26(2)20-6-21(14-30)28(13-20)11-17-3-4-22-18-5-16(9-29(22)23(17)31)8-27(10-18)12-19-7-24-15-25-19/h3-4,7,15-16,18,20-21,30H,5-6,8-14H2,1-2H3,(H,24,25)/t16-,18+,20-,21-/m0/s1. The molecule has 0 radical (unpaired) electrons. The SMILES string of the molecule is CN(C)[C@H]1C[C@@H](CO)N(Cc2ccc3n(c2=O)C[C@H]2C[C@@H]3CN(Cc3cnc[nH]3)C2)C1. The molecule has 0 unspecified atom stereocenters. The molecule has 0 spiro atoms. The molecule has 2 aromatic heterocycles. The summed E-state index contributed by atoms with van der Waals surface area (Å²) >= 11 is 0. The average Bonchev–Trinajstić information content (AvgIpc) is 3.40. The van der Waals surface area contributed by atoms with Gasteiger partial charge in [-0.2, -0.15) is 0 Å². The maximum absolute atomic E-state index is 13.4. The Kier molecular flexibility index (Phi) is 5.73. The lowest BCUT2D eigenvalue weighted by Gasteiger charge is -2.42. The number of fused-ring (bicyclic) bond motifs is 4. The molecule has 3 aliphatic rings. The minimum atomic E-state index is 0.128. The molecule has 2 bridgehead atoms. The zero-order chi connectivity index (χ0) is 21.5. The quantitative estimate of drug-likeness (QED) is 0.708. The van der Waals surface area contributed by atoms with Gasteiger partial charge in [0.25, 0.3) is 5.56 Å². The Labute approximate surface area is 183 Å². The molecule has 0 saturated carbocycles. The van der Waals surface area contributed by atoms with Crippen molar-refractivity contribution in [3.63, 3.8) is 0 Å². The molecule has 3 aliphatic heterocycles. The number of pyridine rings is 1. The lowest BCUT2D eigenvalue weighted by atomic mass is 9.83. The van der Waals surface area contributed by atoms with Crippen molar-refractivity contribution in [2.45, 2.75) is 50.5 Å². The molecule has 5 rings (SSSR count). The molecule has 0 amide bonds. The van der Waals surface area contributed by atoms with E-state index in [1.54, 1.807) is 6.33 Å². The van der Waals surface area contributed by atoms with Crippen LogP contribution in [0.5, 0.6) is 0 Å². The molecule has 2 saturated heterocycles. The highest BCUT2D eigenvalue weighted by Crippen LogP contribution is 2.35. The summed E-state index contributed by atoms with van der Waals surface area (Å²) in [6.07, 6.45) is 5.75. The molecule has 8 nitrogen and oxygen atoms in total. The van der Waals surface area contributed by atoms with Crippen LogP contribution in [0.25, 0.3) is 0 Å². The second kappa shape index (κ2) is 8.50. The van der Waals surface area contributed by atoms with Crippen LogP contribution >= 0.6 is 0 Å². The zero-order valence-corrected chi connectivity index (χ0v) is 18.6. The Morgan fingerprint density at radius 2 is 2.03 bits per heavy atom. The zero-order valence-electron chi connectivity index (χ0n) is 18.6. The van der Waals surface area contributed by atoms with E-state index in [-0.39, 0.29) is 18.2 Å². The Morgan fingerprint density at radius 1 is 1.16 bits per heavy atom. The molecule has 4 atom stereocenters. The number of likely N-dealkylation sites (tertiary alicyclic amines) is 2. The molecule has 8 heteroatoms. The van der Waals surface area contributed by atoms with E-state index in [0.717, 1.165) is 50.4 Å². The van der Waals surface area contributed by atoms with E-state index >= 15 is 0 Å². The van der Waals surface area contributed by atoms with Gasteiger partial charge < -0.3 is 19.6 Å². The van der Waals surface area contributed by atoms with Crippen molar-refractivity contribution in [3.05, 3.63) is 52.0 Å². The van der Waals surface area contributed by atoms with Crippen LogP contribution < -0.4 is 5.56 Å². The van der Waals surface area contributed by atoms with Crippen molar-refractivity contribution < 1.29 is 5.11 Å². The number of hydrogen-bond donors (Lipinski definition) is 2. The molecule has 5 heterocycles.